The average molecular weight is 274 g/mol. The van der Waals surface area contributed by atoms with Crippen molar-refractivity contribution in [3.05, 3.63) is 21.2 Å². The van der Waals surface area contributed by atoms with Crippen LogP contribution in [0.3, 0.4) is 0 Å². The Morgan fingerprint density at radius 3 is 3.20 bits per heavy atom. The Kier molecular flexibility index (Phi) is 2.79. The Morgan fingerprint density at radius 1 is 1.73 bits per heavy atom. The van der Waals surface area contributed by atoms with Gasteiger partial charge in [0, 0.05) is 6.61 Å². The highest BCUT2D eigenvalue weighted by atomic mass is 79.9. The Bertz CT molecular complexity index is 412. The Balaban J connectivity index is 2.24. The highest BCUT2D eigenvalue weighted by Gasteiger charge is 2.30. The molecule has 2 heterocycles. The molecule has 15 heavy (non-hydrogen) atoms. The maximum Gasteiger partial charge on any atom is 0.267 e. The fourth-order valence-corrected chi connectivity index (χ4v) is 1.84. The molecule has 1 aliphatic heterocycles. The van der Waals surface area contributed by atoms with Gasteiger partial charge in [0.1, 0.15) is 10.3 Å². The van der Waals surface area contributed by atoms with E-state index >= 15 is 0 Å². The molecule has 1 saturated heterocycles. The summed E-state index contributed by atoms with van der Waals surface area (Å²) < 4.78 is 5.74. The predicted octanol–water partition coefficient (Wildman–Crippen LogP) is 1.12. The van der Waals surface area contributed by atoms with Crippen molar-refractivity contribution >= 4 is 21.7 Å². The minimum absolute atomic E-state index is 0.136. The van der Waals surface area contributed by atoms with Crippen molar-refractivity contribution in [1.82, 2.24) is 9.97 Å². The fraction of sp³-hybridized carbons (Fsp3) is 0.556. The summed E-state index contributed by atoms with van der Waals surface area (Å²) in [5, 5.41) is 3.22. The van der Waals surface area contributed by atoms with Gasteiger partial charge in [0.25, 0.3) is 5.56 Å². The molecule has 1 atom stereocenters. The number of anilines is 1. The molecule has 6 heteroatoms. The number of hydrogen-bond acceptors (Lipinski definition) is 4. The summed E-state index contributed by atoms with van der Waals surface area (Å²) >= 11 is 3.20. The van der Waals surface area contributed by atoms with E-state index in [0.717, 1.165) is 13.0 Å². The molecule has 0 radical (unpaired) electrons. The van der Waals surface area contributed by atoms with Crippen molar-refractivity contribution < 1.29 is 4.74 Å². The zero-order valence-corrected chi connectivity index (χ0v) is 9.93. The number of halogens is 1. The molecule has 1 unspecified atom stereocenters. The second-order valence-electron chi connectivity index (χ2n) is 3.88. The summed E-state index contributed by atoms with van der Waals surface area (Å²) in [5.41, 5.74) is -0.321. The van der Waals surface area contributed by atoms with E-state index in [0.29, 0.717) is 16.9 Å². The lowest BCUT2D eigenvalue weighted by molar-refractivity contribution is 0.185. The molecule has 1 aliphatic rings. The summed E-state index contributed by atoms with van der Waals surface area (Å²) in [6.07, 6.45) is 2.29. The molecule has 2 rings (SSSR count). The van der Waals surface area contributed by atoms with Crippen molar-refractivity contribution in [2.45, 2.75) is 18.9 Å². The summed E-state index contributed by atoms with van der Waals surface area (Å²) in [6.45, 7) is 3.42. The Morgan fingerprint density at radius 2 is 2.53 bits per heavy atom. The van der Waals surface area contributed by atoms with Crippen molar-refractivity contribution in [2.24, 2.45) is 0 Å². The van der Waals surface area contributed by atoms with Crippen LogP contribution in [0, 0.1) is 0 Å². The van der Waals surface area contributed by atoms with Crippen LogP contribution < -0.4 is 10.9 Å². The van der Waals surface area contributed by atoms with Gasteiger partial charge in [-0.1, -0.05) is 0 Å². The van der Waals surface area contributed by atoms with Gasteiger partial charge in [-0.2, -0.15) is 0 Å². The molecule has 0 aliphatic carbocycles. The number of nitrogens with one attached hydrogen (secondary N) is 2. The number of ether oxygens (including phenoxy) is 1. The third-order valence-corrected chi connectivity index (χ3v) is 3.17. The minimum Gasteiger partial charge on any atom is -0.379 e. The topological polar surface area (TPSA) is 67.0 Å². The summed E-state index contributed by atoms with van der Waals surface area (Å²) in [7, 11) is 0. The number of H-pyrrole nitrogens is 1. The molecule has 0 aromatic carbocycles. The van der Waals surface area contributed by atoms with Gasteiger partial charge < -0.3 is 15.0 Å². The summed E-state index contributed by atoms with van der Waals surface area (Å²) in [5.74, 6) is 0.562. The molecule has 1 aromatic rings. The molecule has 0 bridgehead atoms. The van der Waals surface area contributed by atoms with Crippen LogP contribution in [0.2, 0.25) is 0 Å². The Hall–Kier alpha value is -0.880. The first-order valence-corrected chi connectivity index (χ1v) is 5.49. The van der Waals surface area contributed by atoms with Gasteiger partial charge in [0.05, 0.1) is 18.5 Å². The molecule has 0 amide bonds. The van der Waals surface area contributed by atoms with Crippen molar-refractivity contribution in [3.8, 4) is 0 Å². The molecular weight excluding hydrogens is 262 g/mol. The van der Waals surface area contributed by atoms with Crippen molar-refractivity contribution in [2.75, 3.05) is 18.5 Å². The molecular formula is C9H12BrN3O2. The highest BCUT2D eigenvalue weighted by Crippen LogP contribution is 2.25. The maximum absolute atomic E-state index is 11.3. The third kappa shape index (κ3) is 2.21. The Labute approximate surface area is 95.4 Å². The van der Waals surface area contributed by atoms with Gasteiger partial charge in [-0.05, 0) is 29.3 Å². The van der Waals surface area contributed by atoms with Gasteiger partial charge in [0.2, 0.25) is 0 Å². The summed E-state index contributed by atoms with van der Waals surface area (Å²) in [6, 6.07) is 0. The zero-order valence-electron chi connectivity index (χ0n) is 8.34. The number of nitrogens with zero attached hydrogens (tertiary/aromatic N) is 1. The lowest BCUT2D eigenvalue weighted by Crippen LogP contribution is -2.36. The first-order chi connectivity index (χ1) is 7.11. The standard InChI is InChI=1S/C9H12BrN3O2/c1-9(2-3-15-4-9)13-7-6(10)8(14)12-5-11-7/h5H,2-4H2,1H3,(H2,11,12,13,14). The van der Waals surface area contributed by atoms with E-state index in [1.165, 1.54) is 6.33 Å². The molecule has 5 nitrogen and oxygen atoms in total. The zero-order chi connectivity index (χ0) is 10.9. The van der Waals surface area contributed by atoms with E-state index in [1.54, 1.807) is 0 Å². The first-order valence-electron chi connectivity index (χ1n) is 4.70. The lowest BCUT2D eigenvalue weighted by Gasteiger charge is -2.24. The molecule has 2 N–H and O–H groups in total. The van der Waals surface area contributed by atoms with Crippen LogP contribution in [0.15, 0.2) is 15.6 Å². The SMILES string of the molecule is CC1(Nc2nc[nH]c(=O)c2Br)CCOC1. The number of rotatable bonds is 2. The number of hydrogen-bond donors (Lipinski definition) is 2. The van der Waals surface area contributed by atoms with Crippen LogP contribution in [0.5, 0.6) is 0 Å². The van der Waals surface area contributed by atoms with Gasteiger partial charge in [-0.25, -0.2) is 4.98 Å². The van der Waals surface area contributed by atoms with E-state index in [2.05, 4.69) is 38.1 Å². The smallest absolute Gasteiger partial charge is 0.267 e. The first kappa shape index (κ1) is 10.6. The summed E-state index contributed by atoms with van der Waals surface area (Å²) in [4.78, 5) is 17.9. The maximum atomic E-state index is 11.3. The number of aromatic nitrogens is 2. The average Bonchev–Trinajstić information content (AvgIpc) is 2.60. The molecule has 0 spiro atoms. The van der Waals surface area contributed by atoms with Crippen LogP contribution in [-0.2, 0) is 4.74 Å². The quantitative estimate of drug-likeness (QED) is 0.848. The van der Waals surface area contributed by atoms with Gasteiger partial charge >= 0.3 is 0 Å². The lowest BCUT2D eigenvalue weighted by atomic mass is 10.0. The van der Waals surface area contributed by atoms with Gasteiger partial charge in [-0.15, -0.1) is 0 Å². The molecule has 1 aromatic heterocycles. The molecule has 82 valence electrons. The minimum atomic E-state index is -0.185. The second-order valence-corrected chi connectivity index (χ2v) is 4.68. The van der Waals surface area contributed by atoms with E-state index in [-0.39, 0.29) is 11.1 Å². The predicted molar refractivity (Wildman–Crippen MR) is 60.0 cm³/mol. The van der Waals surface area contributed by atoms with Crippen molar-refractivity contribution in [1.29, 1.82) is 0 Å². The van der Waals surface area contributed by atoms with Crippen LogP contribution in [-0.4, -0.2) is 28.7 Å². The van der Waals surface area contributed by atoms with E-state index in [4.69, 9.17) is 4.74 Å². The van der Waals surface area contributed by atoms with E-state index in [1.807, 2.05) is 0 Å². The van der Waals surface area contributed by atoms with Crippen LogP contribution in [0.25, 0.3) is 0 Å². The molecule has 0 saturated carbocycles. The van der Waals surface area contributed by atoms with Gasteiger partial charge in [-0.3, -0.25) is 4.79 Å². The normalized spacial score (nSPS) is 25.5. The largest absolute Gasteiger partial charge is 0.379 e. The van der Waals surface area contributed by atoms with E-state index < -0.39 is 0 Å². The highest BCUT2D eigenvalue weighted by molar-refractivity contribution is 9.10. The van der Waals surface area contributed by atoms with Crippen LogP contribution in [0.1, 0.15) is 13.3 Å². The van der Waals surface area contributed by atoms with E-state index in [9.17, 15) is 4.79 Å². The molecule has 1 fully saturated rings. The monoisotopic (exact) mass is 273 g/mol. The van der Waals surface area contributed by atoms with Gasteiger partial charge in [0.15, 0.2) is 0 Å². The third-order valence-electron chi connectivity index (χ3n) is 2.44. The van der Waals surface area contributed by atoms with Crippen LogP contribution in [0.4, 0.5) is 5.82 Å². The van der Waals surface area contributed by atoms with Crippen LogP contribution >= 0.6 is 15.9 Å². The second kappa shape index (κ2) is 3.94. The fourth-order valence-electron chi connectivity index (χ4n) is 1.52. The number of aromatic amines is 1. The van der Waals surface area contributed by atoms with Crippen molar-refractivity contribution in [3.63, 3.8) is 0 Å².